The summed E-state index contributed by atoms with van der Waals surface area (Å²) in [5, 5.41) is 10.8. The second kappa shape index (κ2) is 13.7. The van der Waals surface area contributed by atoms with Gasteiger partial charge in [0.25, 0.3) is 5.69 Å². The van der Waals surface area contributed by atoms with Crippen molar-refractivity contribution in [2.45, 2.75) is 78.7 Å². The molecule has 0 aromatic heterocycles. The Labute approximate surface area is 172 Å². The highest BCUT2D eigenvalue weighted by Gasteiger charge is 2.11. The van der Waals surface area contributed by atoms with E-state index in [4.69, 9.17) is 9.47 Å². The summed E-state index contributed by atoms with van der Waals surface area (Å²) in [6.07, 6.45) is 6.45. The summed E-state index contributed by atoms with van der Waals surface area (Å²) in [6.45, 7) is 6.31. The van der Waals surface area contributed by atoms with Crippen LogP contribution in [0.2, 0.25) is 0 Å². The van der Waals surface area contributed by atoms with Crippen LogP contribution in [0.1, 0.15) is 76.3 Å². The molecule has 1 aromatic rings. The topological polar surface area (TPSA) is 95.7 Å². The van der Waals surface area contributed by atoms with Crippen LogP contribution < -0.4 is 0 Å². The first-order valence-electron chi connectivity index (χ1n) is 10.3. The number of hydrogen-bond donors (Lipinski definition) is 0. The highest BCUT2D eigenvalue weighted by Crippen LogP contribution is 2.19. The van der Waals surface area contributed by atoms with Crippen molar-refractivity contribution >= 4 is 17.6 Å². The van der Waals surface area contributed by atoms with Crippen LogP contribution in [0.3, 0.4) is 0 Å². The van der Waals surface area contributed by atoms with Gasteiger partial charge in [0.2, 0.25) is 0 Å². The molecule has 0 amide bonds. The van der Waals surface area contributed by atoms with Gasteiger partial charge in [0.05, 0.1) is 11.5 Å². The zero-order valence-corrected chi connectivity index (χ0v) is 17.8. The number of benzene rings is 1. The number of nitro groups is 1. The molecule has 1 rings (SSSR count). The molecule has 0 spiro atoms. The highest BCUT2D eigenvalue weighted by molar-refractivity contribution is 5.69. The highest BCUT2D eigenvalue weighted by atomic mass is 16.6. The number of nitro benzene ring substituents is 1. The SMILES string of the molecule is Cc1cc(COC(=O)CCCCCCCCC(=O)OCC(C)C)ccc1[N+](=O)[O-]. The number of rotatable bonds is 14. The average Bonchev–Trinajstić information content (AvgIpc) is 2.66. The molecule has 0 aliphatic carbocycles. The number of carbonyl (C=O) groups excluding carboxylic acids is 2. The lowest BCUT2D eigenvalue weighted by molar-refractivity contribution is -0.385. The van der Waals surface area contributed by atoms with Gasteiger partial charge in [0.1, 0.15) is 6.61 Å². The predicted octanol–water partition coefficient (Wildman–Crippen LogP) is 5.27. The molecule has 7 nitrogen and oxygen atoms in total. The normalized spacial score (nSPS) is 10.8. The van der Waals surface area contributed by atoms with E-state index in [0.717, 1.165) is 44.1 Å². The molecule has 0 aliphatic rings. The Bertz CT molecular complexity index is 671. The molecule has 0 radical (unpaired) electrons. The fraction of sp³-hybridized carbons (Fsp3) is 0.636. The van der Waals surface area contributed by atoms with Gasteiger partial charge in [-0.05, 0) is 43.4 Å². The maximum absolute atomic E-state index is 11.8. The molecule has 0 heterocycles. The lowest BCUT2D eigenvalue weighted by Gasteiger charge is -2.07. The van der Waals surface area contributed by atoms with Gasteiger partial charge in [-0.2, -0.15) is 0 Å². The molecule has 0 aliphatic heterocycles. The first-order valence-corrected chi connectivity index (χ1v) is 10.3. The van der Waals surface area contributed by atoms with Gasteiger partial charge in [-0.1, -0.05) is 39.5 Å². The molecular weight excluding hydrogens is 374 g/mol. The van der Waals surface area contributed by atoms with Crippen LogP contribution in [0.4, 0.5) is 5.69 Å². The third-order valence-corrected chi connectivity index (χ3v) is 4.45. The van der Waals surface area contributed by atoms with Crippen molar-refractivity contribution in [3.8, 4) is 0 Å². The smallest absolute Gasteiger partial charge is 0.306 e. The van der Waals surface area contributed by atoms with Gasteiger partial charge in [0.15, 0.2) is 0 Å². The van der Waals surface area contributed by atoms with E-state index in [0.29, 0.717) is 30.9 Å². The molecular formula is C22H33NO6. The van der Waals surface area contributed by atoms with Crippen LogP contribution in [0, 0.1) is 23.0 Å². The molecule has 0 bridgehead atoms. The maximum atomic E-state index is 11.8. The van der Waals surface area contributed by atoms with Gasteiger partial charge in [-0.3, -0.25) is 19.7 Å². The monoisotopic (exact) mass is 407 g/mol. The van der Waals surface area contributed by atoms with Crippen molar-refractivity contribution in [2.75, 3.05) is 6.61 Å². The van der Waals surface area contributed by atoms with Crippen LogP contribution in [0.25, 0.3) is 0 Å². The minimum atomic E-state index is -0.427. The molecule has 1 aromatic carbocycles. The summed E-state index contributed by atoms with van der Waals surface area (Å²) in [5.74, 6) is -0.0116. The minimum absolute atomic E-state index is 0.0625. The Morgan fingerprint density at radius 3 is 2.03 bits per heavy atom. The van der Waals surface area contributed by atoms with E-state index >= 15 is 0 Å². The number of carbonyl (C=O) groups is 2. The molecule has 0 N–H and O–H groups in total. The summed E-state index contributed by atoms with van der Waals surface area (Å²) < 4.78 is 10.4. The number of esters is 2. The molecule has 0 saturated carbocycles. The molecule has 0 saturated heterocycles. The van der Waals surface area contributed by atoms with E-state index in [1.54, 1.807) is 19.1 Å². The van der Waals surface area contributed by atoms with E-state index in [9.17, 15) is 19.7 Å². The summed E-state index contributed by atoms with van der Waals surface area (Å²) in [6, 6.07) is 4.71. The van der Waals surface area contributed by atoms with Crippen LogP contribution >= 0.6 is 0 Å². The number of nitrogens with zero attached hydrogens (tertiary/aromatic N) is 1. The van der Waals surface area contributed by atoms with Crippen molar-refractivity contribution in [3.63, 3.8) is 0 Å². The third-order valence-electron chi connectivity index (χ3n) is 4.45. The summed E-state index contributed by atoms with van der Waals surface area (Å²) in [4.78, 5) is 33.7. The first kappa shape index (κ1) is 24.6. The Morgan fingerprint density at radius 2 is 1.52 bits per heavy atom. The van der Waals surface area contributed by atoms with E-state index < -0.39 is 4.92 Å². The molecule has 29 heavy (non-hydrogen) atoms. The first-order chi connectivity index (χ1) is 13.8. The minimum Gasteiger partial charge on any atom is -0.465 e. The number of hydrogen-bond acceptors (Lipinski definition) is 6. The van der Waals surface area contributed by atoms with Crippen LogP contribution in [0.5, 0.6) is 0 Å². The average molecular weight is 408 g/mol. The molecule has 7 heteroatoms. The fourth-order valence-electron chi connectivity index (χ4n) is 2.83. The summed E-state index contributed by atoms with van der Waals surface area (Å²) in [5.41, 5.74) is 1.36. The predicted molar refractivity (Wildman–Crippen MR) is 110 cm³/mol. The van der Waals surface area contributed by atoms with Crippen molar-refractivity contribution in [2.24, 2.45) is 5.92 Å². The van der Waals surface area contributed by atoms with E-state index in [1.165, 1.54) is 6.07 Å². The van der Waals surface area contributed by atoms with Crippen molar-refractivity contribution in [1.29, 1.82) is 0 Å². The largest absolute Gasteiger partial charge is 0.465 e. The third kappa shape index (κ3) is 11.2. The lowest BCUT2D eigenvalue weighted by atomic mass is 10.1. The van der Waals surface area contributed by atoms with E-state index in [2.05, 4.69) is 0 Å². The molecule has 162 valence electrons. The van der Waals surface area contributed by atoms with Crippen molar-refractivity contribution in [1.82, 2.24) is 0 Å². The Balaban J connectivity index is 2.05. The standard InChI is InChI=1S/C22H33NO6/c1-17(2)15-28-21(24)10-8-6-4-5-7-9-11-22(25)29-16-19-12-13-20(23(26)27)18(3)14-19/h12-14,17H,4-11,15-16H2,1-3H3. The van der Waals surface area contributed by atoms with Crippen LogP contribution in [0.15, 0.2) is 18.2 Å². The number of unbranched alkanes of at least 4 members (excludes halogenated alkanes) is 5. The van der Waals surface area contributed by atoms with Crippen LogP contribution in [-0.2, 0) is 25.7 Å². The van der Waals surface area contributed by atoms with Crippen molar-refractivity contribution in [3.05, 3.63) is 39.4 Å². The van der Waals surface area contributed by atoms with Crippen LogP contribution in [-0.4, -0.2) is 23.5 Å². The number of ether oxygens (including phenoxy) is 2. The quantitative estimate of drug-likeness (QED) is 0.180. The van der Waals surface area contributed by atoms with E-state index in [1.807, 2.05) is 13.8 Å². The lowest BCUT2D eigenvalue weighted by Crippen LogP contribution is -2.09. The van der Waals surface area contributed by atoms with Gasteiger partial charge >= 0.3 is 11.9 Å². The fourth-order valence-corrected chi connectivity index (χ4v) is 2.83. The van der Waals surface area contributed by atoms with Gasteiger partial charge in [-0.25, -0.2) is 0 Å². The summed E-state index contributed by atoms with van der Waals surface area (Å²) in [7, 11) is 0. The van der Waals surface area contributed by atoms with Gasteiger partial charge in [0, 0.05) is 24.5 Å². The molecule has 0 unspecified atom stereocenters. The maximum Gasteiger partial charge on any atom is 0.306 e. The Hall–Kier alpha value is -2.44. The molecule has 0 fully saturated rings. The van der Waals surface area contributed by atoms with E-state index in [-0.39, 0.29) is 24.2 Å². The second-order valence-electron chi connectivity index (χ2n) is 7.74. The summed E-state index contributed by atoms with van der Waals surface area (Å²) >= 11 is 0. The zero-order valence-electron chi connectivity index (χ0n) is 17.8. The van der Waals surface area contributed by atoms with Gasteiger partial charge < -0.3 is 9.47 Å². The number of aryl methyl sites for hydroxylation is 1. The van der Waals surface area contributed by atoms with Crippen molar-refractivity contribution < 1.29 is 24.0 Å². The zero-order chi connectivity index (χ0) is 21.6. The van der Waals surface area contributed by atoms with Gasteiger partial charge in [-0.15, -0.1) is 0 Å². The molecule has 0 atom stereocenters. The Morgan fingerprint density at radius 1 is 0.966 bits per heavy atom. The Kier molecular flexibility index (Phi) is 11.6. The second-order valence-corrected chi connectivity index (χ2v) is 7.74.